The van der Waals surface area contributed by atoms with Gasteiger partial charge in [0.15, 0.2) is 0 Å². The second kappa shape index (κ2) is 10.7. The van der Waals surface area contributed by atoms with Crippen LogP contribution in [0.25, 0.3) is 0 Å². The second-order valence-corrected chi connectivity index (χ2v) is 6.93. The average molecular weight is 403 g/mol. The zero-order chi connectivity index (χ0) is 20.5. The van der Waals surface area contributed by atoms with Crippen molar-refractivity contribution in [1.82, 2.24) is 10.2 Å². The molecule has 28 heavy (non-hydrogen) atoms. The highest BCUT2D eigenvalue weighted by Gasteiger charge is 2.28. The molecule has 6 heteroatoms. The van der Waals surface area contributed by atoms with Crippen LogP contribution in [0.1, 0.15) is 31.4 Å². The Hall–Kier alpha value is -2.53. The minimum absolute atomic E-state index is 0.0989. The normalized spacial score (nSPS) is 11.6. The maximum atomic E-state index is 13.1. The van der Waals surface area contributed by atoms with Crippen LogP contribution in [0.5, 0.6) is 5.75 Å². The van der Waals surface area contributed by atoms with Crippen LogP contribution in [-0.4, -0.2) is 36.4 Å². The Balaban J connectivity index is 2.24. The molecule has 2 aromatic carbocycles. The topological polar surface area (TPSA) is 58.6 Å². The van der Waals surface area contributed by atoms with Gasteiger partial charge in [0.25, 0.3) is 0 Å². The quantitative estimate of drug-likeness (QED) is 0.693. The van der Waals surface area contributed by atoms with Gasteiger partial charge in [-0.25, -0.2) is 0 Å². The van der Waals surface area contributed by atoms with Gasteiger partial charge in [-0.2, -0.15) is 0 Å². The molecule has 0 bridgehead atoms. The molecule has 0 spiro atoms. The maximum Gasteiger partial charge on any atom is 0.242 e. The number of likely N-dealkylation sites (N-methyl/N-ethyl adjacent to an activating group) is 1. The molecule has 0 radical (unpaired) electrons. The summed E-state index contributed by atoms with van der Waals surface area (Å²) in [6, 6.07) is 14.2. The summed E-state index contributed by atoms with van der Waals surface area (Å²) in [6.45, 7) is 4.65. The second-order valence-electron chi connectivity index (χ2n) is 6.49. The molecule has 2 rings (SSSR count). The highest BCUT2D eigenvalue weighted by molar-refractivity contribution is 6.30. The van der Waals surface area contributed by atoms with Gasteiger partial charge in [-0.3, -0.25) is 9.59 Å². The Morgan fingerprint density at radius 3 is 2.18 bits per heavy atom. The standard InChI is InChI=1S/C22H27ClN2O3/c1-4-20(22(27)24-5-2)25(15-17-6-10-18(23)11-7-17)21(26)14-16-8-12-19(28-3)13-9-16/h6-13,20H,4-5,14-15H2,1-3H3,(H,24,27)/t20-/m1/s1. The molecular formula is C22H27ClN2O3. The number of nitrogens with zero attached hydrogens (tertiary/aromatic N) is 1. The Bertz CT molecular complexity index is 775. The van der Waals surface area contributed by atoms with E-state index in [2.05, 4.69) is 5.32 Å². The first kappa shape index (κ1) is 21.8. The lowest BCUT2D eigenvalue weighted by molar-refractivity contribution is -0.140. The maximum absolute atomic E-state index is 13.1. The predicted molar refractivity (Wildman–Crippen MR) is 111 cm³/mol. The smallest absolute Gasteiger partial charge is 0.242 e. The number of methoxy groups -OCH3 is 1. The van der Waals surface area contributed by atoms with Crippen molar-refractivity contribution in [3.05, 3.63) is 64.7 Å². The number of halogens is 1. The van der Waals surface area contributed by atoms with Gasteiger partial charge in [-0.15, -0.1) is 0 Å². The molecule has 2 aromatic rings. The lowest BCUT2D eigenvalue weighted by atomic mass is 10.1. The molecule has 150 valence electrons. The van der Waals surface area contributed by atoms with Crippen LogP contribution in [0.2, 0.25) is 5.02 Å². The number of carbonyl (C=O) groups is 2. The summed E-state index contributed by atoms with van der Waals surface area (Å²) in [5, 5.41) is 3.47. The van der Waals surface area contributed by atoms with Gasteiger partial charge >= 0.3 is 0 Å². The summed E-state index contributed by atoms with van der Waals surface area (Å²) >= 11 is 5.97. The molecule has 0 aliphatic rings. The number of amides is 2. The third-order valence-electron chi connectivity index (χ3n) is 4.52. The Labute approximate surface area is 171 Å². The Morgan fingerprint density at radius 2 is 1.64 bits per heavy atom. The van der Waals surface area contributed by atoms with Crippen molar-refractivity contribution in [3.8, 4) is 5.75 Å². The summed E-state index contributed by atoms with van der Waals surface area (Å²) < 4.78 is 5.17. The number of carbonyl (C=O) groups excluding carboxylic acids is 2. The minimum atomic E-state index is -0.527. The molecule has 0 saturated carbocycles. The van der Waals surface area contributed by atoms with Gasteiger partial charge in [0.2, 0.25) is 11.8 Å². The lowest BCUT2D eigenvalue weighted by Gasteiger charge is -2.30. The van der Waals surface area contributed by atoms with Crippen molar-refractivity contribution in [2.75, 3.05) is 13.7 Å². The van der Waals surface area contributed by atoms with Crippen LogP contribution < -0.4 is 10.1 Å². The van der Waals surface area contributed by atoms with Crippen LogP contribution in [0.3, 0.4) is 0 Å². The van der Waals surface area contributed by atoms with Gasteiger partial charge in [0.1, 0.15) is 11.8 Å². The fourth-order valence-electron chi connectivity index (χ4n) is 3.02. The van der Waals surface area contributed by atoms with Crippen molar-refractivity contribution in [2.24, 2.45) is 0 Å². The van der Waals surface area contributed by atoms with E-state index in [1.165, 1.54) is 0 Å². The van der Waals surface area contributed by atoms with Gasteiger partial charge in [-0.05, 0) is 48.7 Å². The lowest BCUT2D eigenvalue weighted by Crippen LogP contribution is -2.49. The molecule has 0 heterocycles. The third-order valence-corrected chi connectivity index (χ3v) is 4.77. The SMILES string of the molecule is CCNC(=O)[C@@H](CC)N(Cc1ccc(Cl)cc1)C(=O)Cc1ccc(OC)cc1. The monoisotopic (exact) mass is 402 g/mol. The van der Waals surface area contributed by atoms with Crippen LogP contribution in [-0.2, 0) is 22.6 Å². The van der Waals surface area contributed by atoms with E-state index >= 15 is 0 Å². The minimum Gasteiger partial charge on any atom is -0.497 e. The molecule has 1 atom stereocenters. The van der Waals surface area contributed by atoms with Gasteiger partial charge in [-0.1, -0.05) is 42.8 Å². The summed E-state index contributed by atoms with van der Waals surface area (Å²) in [5.41, 5.74) is 1.80. The summed E-state index contributed by atoms with van der Waals surface area (Å²) in [5.74, 6) is 0.503. The molecule has 0 fully saturated rings. The number of hydrogen-bond donors (Lipinski definition) is 1. The number of ether oxygens (including phenoxy) is 1. The van der Waals surface area contributed by atoms with Crippen LogP contribution in [0.15, 0.2) is 48.5 Å². The van der Waals surface area contributed by atoms with Crippen molar-refractivity contribution in [1.29, 1.82) is 0 Å². The molecule has 1 N–H and O–H groups in total. The van der Waals surface area contributed by atoms with E-state index in [0.29, 0.717) is 24.5 Å². The number of nitrogens with one attached hydrogen (secondary N) is 1. The van der Waals surface area contributed by atoms with E-state index in [4.69, 9.17) is 16.3 Å². The first-order valence-corrected chi connectivity index (χ1v) is 9.80. The molecule has 0 saturated heterocycles. The number of rotatable bonds is 9. The fraction of sp³-hybridized carbons (Fsp3) is 0.364. The zero-order valence-electron chi connectivity index (χ0n) is 16.6. The summed E-state index contributed by atoms with van der Waals surface area (Å²) in [7, 11) is 1.60. The Kier molecular flexibility index (Phi) is 8.33. The first-order valence-electron chi connectivity index (χ1n) is 9.43. The summed E-state index contributed by atoms with van der Waals surface area (Å²) in [6.07, 6.45) is 0.751. The van der Waals surface area contributed by atoms with E-state index < -0.39 is 6.04 Å². The van der Waals surface area contributed by atoms with Crippen molar-refractivity contribution in [3.63, 3.8) is 0 Å². The highest BCUT2D eigenvalue weighted by Crippen LogP contribution is 2.18. The van der Waals surface area contributed by atoms with E-state index in [1.54, 1.807) is 24.1 Å². The molecule has 5 nitrogen and oxygen atoms in total. The molecule has 2 amide bonds. The highest BCUT2D eigenvalue weighted by atomic mass is 35.5. The molecule has 0 aliphatic carbocycles. The van der Waals surface area contributed by atoms with E-state index in [9.17, 15) is 9.59 Å². The third kappa shape index (κ3) is 5.99. The zero-order valence-corrected chi connectivity index (χ0v) is 17.3. The van der Waals surface area contributed by atoms with Gasteiger partial charge < -0.3 is 15.0 Å². The molecular weight excluding hydrogens is 376 g/mol. The number of benzene rings is 2. The van der Waals surface area contributed by atoms with E-state index in [-0.39, 0.29) is 18.2 Å². The van der Waals surface area contributed by atoms with Gasteiger partial charge in [0, 0.05) is 18.1 Å². The average Bonchev–Trinajstić information content (AvgIpc) is 2.70. The van der Waals surface area contributed by atoms with Crippen LogP contribution in [0.4, 0.5) is 0 Å². The summed E-state index contributed by atoms with van der Waals surface area (Å²) in [4.78, 5) is 27.3. The predicted octanol–water partition coefficient (Wildman–Crippen LogP) is 3.83. The van der Waals surface area contributed by atoms with Crippen LogP contribution >= 0.6 is 11.6 Å². The molecule has 0 aliphatic heterocycles. The van der Waals surface area contributed by atoms with Crippen molar-refractivity contribution in [2.45, 2.75) is 39.3 Å². The van der Waals surface area contributed by atoms with E-state index in [0.717, 1.165) is 16.9 Å². The van der Waals surface area contributed by atoms with Crippen molar-refractivity contribution < 1.29 is 14.3 Å². The molecule has 0 unspecified atom stereocenters. The number of hydrogen-bond acceptors (Lipinski definition) is 3. The first-order chi connectivity index (χ1) is 13.5. The fourth-order valence-corrected chi connectivity index (χ4v) is 3.14. The van der Waals surface area contributed by atoms with E-state index in [1.807, 2.05) is 50.2 Å². The largest absolute Gasteiger partial charge is 0.497 e. The van der Waals surface area contributed by atoms with Crippen molar-refractivity contribution >= 4 is 23.4 Å². The van der Waals surface area contributed by atoms with Crippen LogP contribution in [0, 0.1) is 0 Å². The van der Waals surface area contributed by atoms with Gasteiger partial charge in [0.05, 0.1) is 13.5 Å². The molecule has 0 aromatic heterocycles. The Morgan fingerprint density at radius 1 is 1.04 bits per heavy atom.